The lowest BCUT2D eigenvalue weighted by atomic mass is 9.95. The molecule has 0 saturated heterocycles. The predicted molar refractivity (Wildman–Crippen MR) is 88.4 cm³/mol. The molecule has 0 aliphatic heterocycles. The Hall–Kier alpha value is -1.21. The van der Waals surface area contributed by atoms with Gasteiger partial charge in [0.2, 0.25) is 0 Å². The van der Waals surface area contributed by atoms with Crippen LogP contribution in [0.4, 0.5) is 5.82 Å². The van der Waals surface area contributed by atoms with E-state index in [9.17, 15) is 0 Å². The number of hydrogen-bond acceptors (Lipinski definition) is 7. The van der Waals surface area contributed by atoms with Crippen molar-refractivity contribution in [1.29, 1.82) is 0 Å². The van der Waals surface area contributed by atoms with Crippen molar-refractivity contribution in [3.05, 3.63) is 17.2 Å². The molecule has 2 aromatic rings. The molecule has 2 aromatic heterocycles. The molecule has 0 fully saturated rings. The summed E-state index contributed by atoms with van der Waals surface area (Å²) in [5.41, 5.74) is 0.952. The average Bonchev–Trinajstić information content (AvgIpc) is 2.87. The Kier molecular flexibility index (Phi) is 4.83. The third-order valence-corrected chi connectivity index (χ3v) is 4.84. The van der Waals surface area contributed by atoms with E-state index in [0.717, 1.165) is 38.8 Å². The van der Waals surface area contributed by atoms with Gasteiger partial charge in [-0.05, 0) is 30.2 Å². The Bertz CT molecular complexity index is 631. The normalized spacial score (nSPS) is 11.7. The monoisotopic (exact) mass is 323 g/mol. The van der Waals surface area contributed by atoms with Crippen LogP contribution < -0.4 is 5.32 Å². The molecular formula is C14H21N5S2. The van der Waals surface area contributed by atoms with E-state index in [4.69, 9.17) is 4.98 Å². The molecule has 2 heterocycles. The summed E-state index contributed by atoms with van der Waals surface area (Å²) in [6.07, 6.45) is 0.856. The second kappa shape index (κ2) is 6.27. The molecule has 5 nitrogen and oxygen atoms in total. The summed E-state index contributed by atoms with van der Waals surface area (Å²) in [6.45, 7) is 10.4. The number of hydrogen-bond donors (Lipinski definition) is 1. The van der Waals surface area contributed by atoms with Gasteiger partial charge in [-0.25, -0.2) is 15.0 Å². The van der Waals surface area contributed by atoms with Gasteiger partial charge >= 0.3 is 0 Å². The third kappa shape index (κ3) is 3.71. The van der Waals surface area contributed by atoms with Crippen LogP contribution in [0.25, 0.3) is 0 Å². The SMILES string of the molecule is CCc1nsc(Sc2nc(C(C)(C)C)nc(NC)c2C)n1. The Morgan fingerprint density at radius 3 is 2.43 bits per heavy atom. The Balaban J connectivity index is 2.41. The lowest BCUT2D eigenvalue weighted by molar-refractivity contribution is 0.538. The van der Waals surface area contributed by atoms with Gasteiger partial charge in [0.05, 0.1) is 0 Å². The number of nitrogens with one attached hydrogen (secondary N) is 1. The van der Waals surface area contributed by atoms with E-state index in [2.05, 4.69) is 47.4 Å². The van der Waals surface area contributed by atoms with E-state index >= 15 is 0 Å². The van der Waals surface area contributed by atoms with Crippen LogP contribution in [-0.4, -0.2) is 26.4 Å². The molecule has 0 amide bonds. The molecule has 21 heavy (non-hydrogen) atoms. The first-order chi connectivity index (χ1) is 9.85. The molecule has 1 N–H and O–H groups in total. The van der Waals surface area contributed by atoms with Crippen molar-refractivity contribution in [3.63, 3.8) is 0 Å². The van der Waals surface area contributed by atoms with Crippen molar-refractivity contribution in [2.24, 2.45) is 0 Å². The van der Waals surface area contributed by atoms with Crippen LogP contribution in [0.3, 0.4) is 0 Å². The van der Waals surface area contributed by atoms with E-state index in [1.165, 1.54) is 11.5 Å². The molecule has 0 aromatic carbocycles. The van der Waals surface area contributed by atoms with Gasteiger partial charge in [-0.2, -0.15) is 4.37 Å². The number of aryl methyl sites for hydroxylation is 1. The minimum atomic E-state index is -0.0929. The second-order valence-corrected chi connectivity index (χ2v) is 7.75. The zero-order valence-electron chi connectivity index (χ0n) is 13.3. The van der Waals surface area contributed by atoms with Crippen LogP contribution in [-0.2, 0) is 11.8 Å². The van der Waals surface area contributed by atoms with E-state index < -0.39 is 0 Å². The first kappa shape index (κ1) is 16.2. The van der Waals surface area contributed by atoms with Gasteiger partial charge in [-0.3, -0.25) is 0 Å². The molecule has 0 atom stereocenters. The van der Waals surface area contributed by atoms with E-state index in [-0.39, 0.29) is 5.41 Å². The summed E-state index contributed by atoms with van der Waals surface area (Å²) in [6, 6.07) is 0. The van der Waals surface area contributed by atoms with Gasteiger partial charge in [-0.1, -0.05) is 27.7 Å². The summed E-state index contributed by atoms with van der Waals surface area (Å²) in [5, 5.41) is 4.10. The van der Waals surface area contributed by atoms with Crippen molar-refractivity contribution in [2.45, 2.75) is 55.8 Å². The fraction of sp³-hybridized carbons (Fsp3) is 0.571. The van der Waals surface area contributed by atoms with Crippen LogP contribution in [0.2, 0.25) is 0 Å². The van der Waals surface area contributed by atoms with Crippen LogP contribution in [0.5, 0.6) is 0 Å². The zero-order chi connectivity index (χ0) is 15.6. The highest BCUT2D eigenvalue weighted by molar-refractivity contribution is 8.00. The zero-order valence-corrected chi connectivity index (χ0v) is 14.9. The maximum absolute atomic E-state index is 4.73. The molecule has 0 aliphatic carbocycles. The topological polar surface area (TPSA) is 63.6 Å². The molecule has 0 spiro atoms. The van der Waals surface area contributed by atoms with Crippen LogP contribution in [0.15, 0.2) is 9.37 Å². The van der Waals surface area contributed by atoms with Crippen molar-refractivity contribution in [2.75, 3.05) is 12.4 Å². The number of anilines is 1. The molecule has 7 heteroatoms. The molecular weight excluding hydrogens is 302 g/mol. The van der Waals surface area contributed by atoms with Crippen LogP contribution in [0.1, 0.15) is 44.9 Å². The lowest BCUT2D eigenvalue weighted by Crippen LogP contribution is -2.18. The Morgan fingerprint density at radius 2 is 1.90 bits per heavy atom. The highest BCUT2D eigenvalue weighted by atomic mass is 32.2. The van der Waals surface area contributed by atoms with Gasteiger partial charge < -0.3 is 5.32 Å². The minimum absolute atomic E-state index is 0.0929. The first-order valence-electron chi connectivity index (χ1n) is 6.92. The van der Waals surface area contributed by atoms with Crippen molar-refractivity contribution in [3.8, 4) is 0 Å². The van der Waals surface area contributed by atoms with Gasteiger partial charge in [-0.15, -0.1) is 0 Å². The fourth-order valence-corrected chi connectivity index (χ4v) is 3.38. The average molecular weight is 323 g/mol. The van der Waals surface area contributed by atoms with Crippen molar-refractivity contribution < 1.29 is 0 Å². The number of rotatable bonds is 4. The lowest BCUT2D eigenvalue weighted by Gasteiger charge is -2.19. The van der Waals surface area contributed by atoms with E-state index in [1.807, 2.05) is 14.0 Å². The predicted octanol–water partition coefficient (Wildman–Crippen LogP) is 3.69. The number of nitrogens with zero attached hydrogens (tertiary/aromatic N) is 4. The molecule has 0 radical (unpaired) electrons. The summed E-state index contributed by atoms with van der Waals surface area (Å²) in [7, 11) is 1.89. The largest absolute Gasteiger partial charge is 0.373 e. The standard InChI is InChI=1S/C14H21N5S2/c1-7-9-16-13(21-19-9)20-11-8(2)10(15-6)17-12(18-11)14(3,4)5/h7H2,1-6H3,(H,15,17,18). The molecule has 2 rings (SSSR count). The van der Waals surface area contributed by atoms with Crippen molar-refractivity contribution >= 4 is 29.1 Å². The highest BCUT2D eigenvalue weighted by Crippen LogP contribution is 2.34. The van der Waals surface area contributed by atoms with Gasteiger partial charge in [0.25, 0.3) is 0 Å². The quantitative estimate of drug-likeness (QED) is 0.866. The van der Waals surface area contributed by atoms with E-state index in [0.29, 0.717) is 0 Å². The van der Waals surface area contributed by atoms with Crippen LogP contribution in [0, 0.1) is 6.92 Å². The maximum Gasteiger partial charge on any atom is 0.176 e. The number of aromatic nitrogens is 4. The summed E-state index contributed by atoms with van der Waals surface area (Å²) in [5.74, 6) is 2.59. The summed E-state index contributed by atoms with van der Waals surface area (Å²) >= 11 is 2.99. The van der Waals surface area contributed by atoms with Crippen molar-refractivity contribution in [1.82, 2.24) is 19.3 Å². The van der Waals surface area contributed by atoms with Crippen LogP contribution >= 0.6 is 23.3 Å². The molecule has 0 unspecified atom stereocenters. The Labute approximate surface area is 134 Å². The molecule has 0 bridgehead atoms. The highest BCUT2D eigenvalue weighted by Gasteiger charge is 2.21. The molecule has 0 saturated carbocycles. The maximum atomic E-state index is 4.73. The summed E-state index contributed by atoms with van der Waals surface area (Å²) < 4.78 is 5.25. The first-order valence-corrected chi connectivity index (χ1v) is 8.51. The smallest absolute Gasteiger partial charge is 0.176 e. The third-order valence-electron chi connectivity index (χ3n) is 2.96. The van der Waals surface area contributed by atoms with Gasteiger partial charge in [0, 0.05) is 24.4 Å². The minimum Gasteiger partial charge on any atom is -0.373 e. The van der Waals surface area contributed by atoms with E-state index in [1.54, 1.807) is 11.8 Å². The summed E-state index contributed by atoms with van der Waals surface area (Å²) in [4.78, 5) is 13.9. The molecule has 0 aliphatic rings. The van der Waals surface area contributed by atoms with Gasteiger partial charge in [0.1, 0.15) is 22.5 Å². The van der Waals surface area contributed by atoms with Gasteiger partial charge in [0.15, 0.2) is 4.34 Å². The Morgan fingerprint density at radius 1 is 1.19 bits per heavy atom. The fourth-order valence-electron chi connectivity index (χ4n) is 1.68. The second-order valence-electron chi connectivity index (χ2n) is 5.76. The molecule has 114 valence electrons.